The molecule has 0 saturated carbocycles. The molecule has 110 valence electrons. The van der Waals surface area contributed by atoms with Crippen molar-refractivity contribution < 1.29 is 4.79 Å². The Bertz CT molecular complexity index is 695. The third-order valence-electron chi connectivity index (χ3n) is 3.24. The fraction of sp³-hybridized carbons (Fsp3) is 0.0588. The van der Waals surface area contributed by atoms with E-state index in [1.807, 2.05) is 66.7 Å². The average molecular weight is 292 g/mol. The summed E-state index contributed by atoms with van der Waals surface area (Å²) in [6.45, 7) is 0. The molecule has 5 heteroatoms. The molecule has 22 heavy (non-hydrogen) atoms. The highest BCUT2D eigenvalue weighted by Crippen LogP contribution is 2.11. The first-order valence-corrected chi connectivity index (χ1v) is 6.99. The lowest BCUT2D eigenvalue weighted by atomic mass is 10.1. The van der Waals surface area contributed by atoms with Crippen molar-refractivity contribution in [2.45, 2.75) is 6.04 Å². The summed E-state index contributed by atoms with van der Waals surface area (Å²) in [5.41, 5.74) is 11.1. The molecule has 1 saturated heterocycles. The van der Waals surface area contributed by atoms with Crippen molar-refractivity contribution in [3.8, 4) is 0 Å². The van der Waals surface area contributed by atoms with Crippen LogP contribution in [0.15, 0.2) is 71.5 Å². The summed E-state index contributed by atoms with van der Waals surface area (Å²) in [6.07, 6.45) is 3.60. The molecule has 0 aliphatic carbocycles. The van der Waals surface area contributed by atoms with Crippen LogP contribution in [0.25, 0.3) is 6.08 Å². The normalized spacial score (nSPS) is 19.2. The first-order chi connectivity index (χ1) is 10.8. The molecule has 1 unspecified atom stereocenters. The van der Waals surface area contributed by atoms with E-state index in [0.29, 0.717) is 0 Å². The lowest BCUT2D eigenvalue weighted by molar-refractivity contribution is -0.120. The smallest absolute Gasteiger partial charge is 0.268 e. The predicted molar refractivity (Wildman–Crippen MR) is 86.7 cm³/mol. The fourth-order valence-electron chi connectivity index (χ4n) is 2.12. The number of nitrogens with zero attached hydrogens (tertiary/aromatic N) is 1. The largest absolute Gasteiger partial charge is 0.300 e. The van der Waals surface area contributed by atoms with Gasteiger partial charge in [-0.1, -0.05) is 60.7 Å². The Kier molecular flexibility index (Phi) is 4.15. The van der Waals surface area contributed by atoms with Gasteiger partial charge in [-0.2, -0.15) is 5.10 Å². The highest BCUT2D eigenvalue weighted by atomic mass is 16.2. The lowest BCUT2D eigenvalue weighted by Crippen LogP contribution is -2.34. The molecule has 3 N–H and O–H groups in total. The van der Waals surface area contributed by atoms with Crippen LogP contribution in [0.2, 0.25) is 0 Å². The first-order valence-electron chi connectivity index (χ1n) is 6.99. The monoisotopic (exact) mass is 292 g/mol. The van der Waals surface area contributed by atoms with Crippen molar-refractivity contribution in [3.05, 3.63) is 77.5 Å². The van der Waals surface area contributed by atoms with Crippen molar-refractivity contribution in [2.24, 2.45) is 5.10 Å². The van der Waals surface area contributed by atoms with Gasteiger partial charge >= 0.3 is 0 Å². The number of benzene rings is 2. The summed E-state index contributed by atoms with van der Waals surface area (Å²) >= 11 is 0. The number of nitrogens with one attached hydrogen (secondary N) is 3. The summed E-state index contributed by atoms with van der Waals surface area (Å²) in [7, 11) is 0. The first kappa shape index (κ1) is 13.9. The summed E-state index contributed by atoms with van der Waals surface area (Å²) in [5, 5.41) is 4.15. The predicted octanol–water partition coefficient (Wildman–Crippen LogP) is 1.65. The van der Waals surface area contributed by atoms with Crippen LogP contribution in [-0.4, -0.2) is 18.2 Å². The Hall–Kier alpha value is -3.08. The number of amides is 1. The highest BCUT2D eigenvalue weighted by Gasteiger charge is 2.28. The van der Waals surface area contributed by atoms with E-state index >= 15 is 0 Å². The van der Waals surface area contributed by atoms with Crippen molar-refractivity contribution in [3.63, 3.8) is 0 Å². The number of hydrazone groups is 1. The van der Waals surface area contributed by atoms with Crippen LogP contribution >= 0.6 is 0 Å². The second kappa shape index (κ2) is 6.58. The summed E-state index contributed by atoms with van der Waals surface area (Å²) in [5.74, 6) is -0.160. The van der Waals surface area contributed by atoms with Gasteiger partial charge in [0.1, 0.15) is 0 Å². The molecule has 3 rings (SSSR count). The molecule has 1 aliphatic rings. The Balaban J connectivity index is 1.72. The number of carbonyl (C=O) groups excluding carboxylic acids is 1. The second-order valence-corrected chi connectivity index (χ2v) is 4.86. The zero-order valence-electron chi connectivity index (χ0n) is 11.9. The van der Waals surface area contributed by atoms with Gasteiger partial charge in [0, 0.05) is 0 Å². The van der Waals surface area contributed by atoms with Gasteiger partial charge in [0.2, 0.25) is 0 Å². The van der Waals surface area contributed by atoms with Gasteiger partial charge in [0.05, 0.1) is 11.9 Å². The van der Waals surface area contributed by atoms with Crippen molar-refractivity contribution in [1.29, 1.82) is 0 Å². The molecule has 1 atom stereocenters. The number of carbonyl (C=O) groups is 1. The van der Waals surface area contributed by atoms with Crippen LogP contribution in [0.3, 0.4) is 0 Å². The molecule has 1 heterocycles. The van der Waals surface area contributed by atoms with Crippen LogP contribution in [0.5, 0.6) is 0 Å². The van der Waals surface area contributed by atoms with Gasteiger partial charge in [-0.25, -0.2) is 0 Å². The zero-order valence-corrected chi connectivity index (χ0v) is 11.9. The minimum atomic E-state index is -0.528. The topological polar surface area (TPSA) is 65.5 Å². The quantitative estimate of drug-likeness (QED) is 0.593. The molecule has 0 bridgehead atoms. The maximum absolute atomic E-state index is 11.9. The molecule has 5 nitrogen and oxygen atoms in total. The van der Waals surface area contributed by atoms with E-state index < -0.39 is 6.04 Å². The molecular formula is C17H16N4O. The molecule has 0 aromatic heterocycles. The van der Waals surface area contributed by atoms with Gasteiger partial charge in [-0.05, 0) is 17.2 Å². The van der Waals surface area contributed by atoms with E-state index in [1.165, 1.54) is 0 Å². The van der Waals surface area contributed by atoms with E-state index in [9.17, 15) is 4.79 Å². The standard InChI is InChI=1S/C17H16N4O/c22-17-16(20-18-12-14-9-5-2-6-10-14)15(19-21-17)11-13-7-3-1-4-8-13/h1-12,16,19-20H,(H,21,22)/b15-11-,18-12+. The van der Waals surface area contributed by atoms with Crippen LogP contribution in [0.1, 0.15) is 11.1 Å². The van der Waals surface area contributed by atoms with Crippen LogP contribution in [0.4, 0.5) is 0 Å². The Morgan fingerprint density at radius 3 is 2.23 bits per heavy atom. The number of hydrogen-bond acceptors (Lipinski definition) is 4. The molecule has 1 amide bonds. The van der Waals surface area contributed by atoms with Crippen molar-refractivity contribution >= 4 is 18.2 Å². The summed E-state index contributed by atoms with van der Waals surface area (Å²) in [6, 6.07) is 19.0. The van der Waals surface area contributed by atoms with Gasteiger partial charge < -0.3 is 0 Å². The molecule has 2 aromatic rings. The number of hydrazine groups is 1. The number of hydrogen-bond donors (Lipinski definition) is 3. The van der Waals surface area contributed by atoms with E-state index in [0.717, 1.165) is 16.8 Å². The maximum Gasteiger partial charge on any atom is 0.268 e. The average Bonchev–Trinajstić information content (AvgIpc) is 2.90. The lowest BCUT2D eigenvalue weighted by Gasteiger charge is -2.07. The molecule has 0 spiro atoms. The van der Waals surface area contributed by atoms with Gasteiger partial charge in [0.15, 0.2) is 6.04 Å². The van der Waals surface area contributed by atoms with E-state index in [2.05, 4.69) is 21.4 Å². The van der Waals surface area contributed by atoms with Crippen LogP contribution in [0, 0.1) is 0 Å². The van der Waals surface area contributed by atoms with E-state index in [4.69, 9.17) is 0 Å². The minimum absolute atomic E-state index is 0.160. The van der Waals surface area contributed by atoms with Gasteiger partial charge in [0.25, 0.3) is 5.91 Å². The Morgan fingerprint density at radius 1 is 0.909 bits per heavy atom. The fourth-order valence-corrected chi connectivity index (χ4v) is 2.12. The second-order valence-electron chi connectivity index (χ2n) is 4.86. The Labute approximate surface area is 128 Å². The van der Waals surface area contributed by atoms with Crippen LogP contribution < -0.4 is 16.3 Å². The highest BCUT2D eigenvalue weighted by molar-refractivity contribution is 5.89. The summed E-state index contributed by atoms with van der Waals surface area (Å²) in [4.78, 5) is 11.9. The van der Waals surface area contributed by atoms with Crippen LogP contribution in [-0.2, 0) is 4.79 Å². The van der Waals surface area contributed by atoms with E-state index in [1.54, 1.807) is 6.21 Å². The molecule has 1 fully saturated rings. The van der Waals surface area contributed by atoms with E-state index in [-0.39, 0.29) is 5.91 Å². The minimum Gasteiger partial charge on any atom is -0.300 e. The zero-order chi connectivity index (χ0) is 15.2. The van der Waals surface area contributed by atoms with Gasteiger partial charge in [-0.15, -0.1) is 0 Å². The number of rotatable bonds is 4. The maximum atomic E-state index is 11.9. The molecule has 1 aliphatic heterocycles. The molecule has 2 aromatic carbocycles. The third kappa shape index (κ3) is 3.32. The molecular weight excluding hydrogens is 276 g/mol. The van der Waals surface area contributed by atoms with Crippen molar-refractivity contribution in [1.82, 2.24) is 16.3 Å². The third-order valence-corrected chi connectivity index (χ3v) is 3.24. The van der Waals surface area contributed by atoms with Gasteiger partial charge in [-0.3, -0.25) is 21.1 Å². The molecule has 0 radical (unpaired) electrons. The van der Waals surface area contributed by atoms with Crippen molar-refractivity contribution in [2.75, 3.05) is 0 Å². The summed E-state index contributed by atoms with van der Waals surface area (Å²) < 4.78 is 0. The SMILES string of the molecule is O=C1NN/C(=C\c2ccccc2)C1N/N=C/c1ccccc1. The Morgan fingerprint density at radius 2 is 1.55 bits per heavy atom.